The molecule has 0 radical (unpaired) electrons. The predicted octanol–water partition coefficient (Wildman–Crippen LogP) is 2.11. The molecule has 2 aromatic rings. The molecule has 0 fully saturated rings. The number of nitrogens with one attached hydrogen (secondary N) is 2. The number of imide groups is 1. The number of carbonyl (C=O) groups is 3. The number of rotatable bonds is 5. The smallest absolute Gasteiger partial charge is 0.338 e. The van der Waals surface area contributed by atoms with Crippen LogP contribution >= 0.6 is 11.6 Å². The predicted molar refractivity (Wildman–Crippen MR) is 106 cm³/mol. The molecule has 0 aliphatic carbocycles. The first-order valence-electron chi connectivity index (χ1n) is 8.15. The van der Waals surface area contributed by atoms with E-state index in [1.807, 2.05) is 18.3 Å². The van der Waals surface area contributed by atoms with Gasteiger partial charge < -0.3 is 10.1 Å². The molecule has 0 aromatic heterocycles. The number of hydrogen-bond donors (Lipinski definition) is 3. The zero-order valence-electron chi connectivity index (χ0n) is 15.5. The fourth-order valence-electron chi connectivity index (χ4n) is 2.33. The second kappa shape index (κ2) is 9.03. The molecule has 29 heavy (non-hydrogen) atoms. The number of urea groups is 1. The summed E-state index contributed by atoms with van der Waals surface area (Å²) in [5, 5.41) is 9.38. The molecule has 0 atom stereocenters. The lowest BCUT2D eigenvalue weighted by molar-refractivity contribution is -0.123. The van der Waals surface area contributed by atoms with Crippen LogP contribution in [0.25, 0.3) is 0 Å². The van der Waals surface area contributed by atoms with Crippen molar-refractivity contribution < 1.29 is 27.5 Å². The van der Waals surface area contributed by atoms with Gasteiger partial charge in [-0.05, 0) is 43.7 Å². The molecular formula is C18H18ClN3O6S. The minimum absolute atomic E-state index is 0.162. The Hall–Kier alpha value is -2.95. The average molecular weight is 440 g/mol. The van der Waals surface area contributed by atoms with Crippen LogP contribution in [-0.4, -0.2) is 32.9 Å². The zero-order valence-corrected chi connectivity index (χ0v) is 17.1. The third-order valence-corrected chi connectivity index (χ3v) is 5.08. The first-order chi connectivity index (χ1) is 13.5. The van der Waals surface area contributed by atoms with Crippen molar-refractivity contribution in [2.45, 2.75) is 18.7 Å². The van der Waals surface area contributed by atoms with Gasteiger partial charge in [0.15, 0.2) is 6.61 Å². The molecule has 0 aliphatic rings. The molecule has 0 saturated carbocycles. The Balaban J connectivity index is 1.93. The van der Waals surface area contributed by atoms with E-state index in [4.69, 9.17) is 21.5 Å². The molecular weight excluding hydrogens is 422 g/mol. The Labute approximate surface area is 172 Å². The van der Waals surface area contributed by atoms with Gasteiger partial charge in [-0.15, -0.1) is 0 Å². The van der Waals surface area contributed by atoms with Crippen LogP contribution in [0.3, 0.4) is 0 Å². The molecule has 2 rings (SSSR count). The lowest BCUT2D eigenvalue weighted by Crippen LogP contribution is -2.37. The molecule has 0 unspecified atom stereocenters. The van der Waals surface area contributed by atoms with Gasteiger partial charge in [0.2, 0.25) is 10.0 Å². The summed E-state index contributed by atoms with van der Waals surface area (Å²) >= 11 is 5.74. The number of ether oxygens (including phenoxy) is 1. The van der Waals surface area contributed by atoms with Crippen LogP contribution in [0.15, 0.2) is 41.3 Å². The van der Waals surface area contributed by atoms with E-state index in [1.165, 1.54) is 6.07 Å². The second-order valence-electron chi connectivity index (χ2n) is 6.09. The van der Waals surface area contributed by atoms with Crippen LogP contribution in [0, 0.1) is 13.8 Å². The van der Waals surface area contributed by atoms with Gasteiger partial charge in [0, 0.05) is 5.69 Å². The first-order valence-corrected chi connectivity index (χ1v) is 10.1. The van der Waals surface area contributed by atoms with Crippen molar-refractivity contribution in [3.63, 3.8) is 0 Å². The highest BCUT2D eigenvalue weighted by Gasteiger charge is 2.18. The number of halogens is 1. The molecule has 0 bridgehead atoms. The molecule has 11 heteroatoms. The summed E-state index contributed by atoms with van der Waals surface area (Å²) in [4.78, 5) is 35.3. The van der Waals surface area contributed by atoms with Crippen LogP contribution in [0.2, 0.25) is 5.02 Å². The normalized spacial score (nSPS) is 10.9. The van der Waals surface area contributed by atoms with Gasteiger partial charge in [-0.1, -0.05) is 29.3 Å². The number of carbonyl (C=O) groups excluding carboxylic acids is 3. The second-order valence-corrected chi connectivity index (χ2v) is 8.02. The Kier molecular flexibility index (Phi) is 6.96. The topological polar surface area (TPSA) is 145 Å². The highest BCUT2D eigenvalue weighted by atomic mass is 35.5. The van der Waals surface area contributed by atoms with Gasteiger partial charge in [0.1, 0.15) is 4.90 Å². The number of sulfonamides is 1. The number of aryl methyl sites for hydroxylation is 2. The summed E-state index contributed by atoms with van der Waals surface area (Å²) in [5.41, 5.74) is 2.18. The average Bonchev–Trinajstić information content (AvgIpc) is 2.61. The maximum absolute atomic E-state index is 12.0. The molecule has 2 aromatic carbocycles. The quantitative estimate of drug-likeness (QED) is 0.608. The Morgan fingerprint density at radius 3 is 2.41 bits per heavy atom. The maximum Gasteiger partial charge on any atom is 0.338 e. The van der Waals surface area contributed by atoms with E-state index >= 15 is 0 Å². The molecule has 0 aliphatic heterocycles. The fourth-order valence-corrected chi connectivity index (χ4v) is 3.40. The van der Waals surface area contributed by atoms with Crippen molar-refractivity contribution >= 4 is 45.2 Å². The SMILES string of the molecule is Cc1ccc(NC(=O)NC(=O)COC(=O)c2ccc(Cl)c(S(N)(=O)=O)c2)c(C)c1. The summed E-state index contributed by atoms with van der Waals surface area (Å²) in [6.07, 6.45) is 0. The monoisotopic (exact) mass is 439 g/mol. The molecule has 154 valence electrons. The van der Waals surface area contributed by atoms with Crippen LogP contribution in [0.1, 0.15) is 21.5 Å². The summed E-state index contributed by atoms with van der Waals surface area (Å²) in [6, 6.07) is 7.87. The number of nitrogens with two attached hydrogens (primary N) is 1. The van der Waals surface area contributed by atoms with Crippen molar-refractivity contribution in [1.29, 1.82) is 0 Å². The van der Waals surface area contributed by atoms with Crippen LogP contribution in [-0.2, 0) is 19.6 Å². The summed E-state index contributed by atoms with van der Waals surface area (Å²) in [6.45, 7) is 2.95. The molecule has 0 heterocycles. The lowest BCUT2D eigenvalue weighted by Gasteiger charge is -2.10. The van der Waals surface area contributed by atoms with Crippen LogP contribution in [0.5, 0.6) is 0 Å². The van der Waals surface area contributed by atoms with E-state index in [9.17, 15) is 22.8 Å². The van der Waals surface area contributed by atoms with Gasteiger partial charge in [-0.25, -0.2) is 23.1 Å². The molecule has 9 nitrogen and oxygen atoms in total. The Morgan fingerprint density at radius 2 is 1.79 bits per heavy atom. The summed E-state index contributed by atoms with van der Waals surface area (Å²) in [7, 11) is -4.14. The largest absolute Gasteiger partial charge is 0.452 e. The van der Waals surface area contributed by atoms with E-state index < -0.39 is 39.4 Å². The van der Waals surface area contributed by atoms with E-state index in [1.54, 1.807) is 19.1 Å². The van der Waals surface area contributed by atoms with E-state index in [0.717, 1.165) is 23.3 Å². The molecule has 0 saturated heterocycles. The first kappa shape index (κ1) is 22.3. The maximum atomic E-state index is 12.0. The van der Waals surface area contributed by atoms with Crippen LogP contribution < -0.4 is 15.8 Å². The standard InChI is InChI=1S/C18H18ClN3O6S/c1-10-3-6-14(11(2)7-10)21-18(25)22-16(23)9-28-17(24)12-4-5-13(19)15(8-12)29(20,26)27/h3-8H,9H2,1-2H3,(H2,20,26,27)(H2,21,22,23,25). The third-order valence-electron chi connectivity index (χ3n) is 3.69. The van der Waals surface area contributed by atoms with Crippen molar-refractivity contribution in [1.82, 2.24) is 5.32 Å². The van der Waals surface area contributed by atoms with E-state index in [-0.39, 0.29) is 10.6 Å². The summed E-state index contributed by atoms with van der Waals surface area (Å²) in [5.74, 6) is -1.86. The Morgan fingerprint density at radius 1 is 1.10 bits per heavy atom. The zero-order chi connectivity index (χ0) is 21.8. The van der Waals surface area contributed by atoms with Crippen molar-refractivity contribution in [3.05, 3.63) is 58.1 Å². The number of benzene rings is 2. The molecule has 3 amide bonds. The van der Waals surface area contributed by atoms with Gasteiger partial charge in [0.25, 0.3) is 5.91 Å². The van der Waals surface area contributed by atoms with Gasteiger partial charge >= 0.3 is 12.0 Å². The highest BCUT2D eigenvalue weighted by molar-refractivity contribution is 7.89. The third kappa shape index (κ3) is 6.28. The highest BCUT2D eigenvalue weighted by Crippen LogP contribution is 2.22. The minimum atomic E-state index is -4.14. The van der Waals surface area contributed by atoms with Gasteiger partial charge in [-0.2, -0.15) is 0 Å². The van der Waals surface area contributed by atoms with Crippen molar-refractivity contribution in [2.24, 2.45) is 5.14 Å². The van der Waals surface area contributed by atoms with Crippen molar-refractivity contribution in [3.8, 4) is 0 Å². The fraction of sp³-hybridized carbons (Fsp3) is 0.167. The van der Waals surface area contributed by atoms with Crippen molar-refractivity contribution in [2.75, 3.05) is 11.9 Å². The van der Waals surface area contributed by atoms with E-state index in [2.05, 4.69) is 5.32 Å². The lowest BCUT2D eigenvalue weighted by atomic mass is 10.1. The van der Waals surface area contributed by atoms with Crippen LogP contribution in [0.4, 0.5) is 10.5 Å². The molecule has 0 spiro atoms. The van der Waals surface area contributed by atoms with Gasteiger partial charge in [-0.3, -0.25) is 10.1 Å². The minimum Gasteiger partial charge on any atom is -0.452 e. The number of amides is 3. The molecule has 4 N–H and O–H groups in total. The summed E-state index contributed by atoms with van der Waals surface area (Å²) < 4.78 is 27.7. The van der Waals surface area contributed by atoms with E-state index in [0.29, 0.717) is 5.69 Å². The number of primary sulfonamides is 1. The number of hydrogen-bond acceptors (Lipinski definition) is 6. The van der Waals surface area contributed by atoms with Gasteiger partial charge in [0.05, 0.1) is 10.6 Å². The Bertz CT molecular complexity index is 1080. The number of anilines is 1. The number of esters is 1.